The van der Waals surface area contributed by atoms with Crippen LogP contribution in [0.4, 0.5) is 5.82 Å². The van der Waals surface area contributed by atoms with Crippen molar-refractivity contribution in [3.05, 3.63) is 29.2 Å². The first-order chi connectivity index (χ1) is 8.25. The third-order valence-electron chi connectivity index (χ3n) is 3.28. The molecular formula is C13H15N3O. The Morgan fingerprint density at radius 3 is 2.82 bits per heavy atom. The highest BCUT2D eigenvalue weighted by molar-refractivity contribution is 5.57. The fourth-order valence-corrected chi connectivity index (χ4v) is 2.33. The normalized spacial score (nSPS) is 14.6. The average Bonchev–Trinajstić information content (AvgIpc) is 2.75. The van der Waals surface area contributed by atoms with Crippen LogP contribution in [0.5, 0.6) is 0 Å². The van der Waals surface area contributed by atoms with Gasteiger partial charge < -0.3 is 10.2 Å². The lowest BCUT2D eigenvalue weighted by Crippen LogP contribution is -2.11. The van der Waals surface area contributed by atoms with Crippen LogP contribution in [0.1, 0.15) is 29.7 Å². The summed E-state index contributed by atoms with van der Waals surface area (Å²) in [5, 5.41) is 0. The monoisotopic (exact) mass is 229 g/mol. The third-order valence-corrected chi connectivity index (χ3v) is 3.28. The van der Waals surface area contributed by atoms with Crippen LogP contribution in [-0.4, -0.2) is 9.97 Å². The summed E-state index contributed by atoms with van der Waals surface area (Å²) in [6.45, 7) is 1.98. The van der Waals surface area contributed by atoms with Crippen molar-refractivity contribution >= 4 is 5.82 Å². The molecule has 17 heavy (non-hydrogen) atoms. The zero-order valence-electron chi connectivity index (χ0n) is 9.86. The number of nitrogens with two attached hydrogens (primary N) is 1. The molecule has 2 aromatic rings. The topological polar surface area (TPSA) is 64.9 Å². The lowest BCUT2D eigenvalue weighted by molar-refractivity contribution is 0.573. The summed E-state index contributed by atoms with van der Waals surface area (Å²) in [7, 11) is 0. The zero-order chi connectivity index (χ0) is 11.8. The van der Waals surface area contributed by atoms with Gasteiger partial charge in [-0.15, -0.1) is 0 Å². The molecule has 0 aliphatic heterocycles. The second-order valence-corrected chi connectivity index (χ2v) is 4.50. The standard InChI is InChI=1S/C13H15N3O/c1-8-6-7-17-11(8)13-15-10-5-3-2-4-9(10)12(14)16-13/h6-7H,2-5H2,1H3,(H2,14,15,16). The maximum Gasteiger partial charge on any atom is 0.198 e. The summed E-state index contributed by atoms with van der Waals surface area (Å²) in [6, 6.07) is 1.91. The number of aromatic nitrogens is 2. The Bertz CT molecular complexity index is 560. The zero-order valence-corrected chi connectivity index (χ0v) is 9.86. The molecule has 1 aliphatic rings. The Balaban J connectivity index is 2.14. The number of hydrogen-bond acceptors (Lipinski definition) is 4. The van der Waals surface area contributed by atoms with E-state index in [0.29, 0.717) is 11.6 Å². The largest absolute Gasteiger partial charge is 0.461 e. The molecule has 1 aliphatic carbocycles. The quantitative estimate of drug-likeness (QED) is 0.816. The van der Waals surface area contributed by atoms with Crippen LogP contribution in [-0.2, 0) is 12.8 Å². The van der Waals surface area contributed by atoms with Crippen LogP contribution in [0.2, 0.25) is 0 Å². The molecule has 0 spiro atoms. The number of aryl methyl sites for hydroxylation is 2. The molecule has 0 aromatic carbocycles. The molecule has 3 rings (SSSR count). The first kappa shape index (κ1) is 10.3. The van der Waals surface area contributed by atoms with Crippen molar-refractivity contribution in [2.75, 3.05) is 5.73 Å². The van der Waals surface area contributed by atoms with E-state index in [-0.39, 0.29) is 0 Å². The van der Waals surface area contributed by atoms with Gasteiger partial charge in [-0.25, -0.2) is 9.97 Å². The van der Waals surface area contributed by atoms with Gasteiger partial charge in [0.2, 0.25) is 0 Å². The lowest BCUT2D eigenvalue weighted by Gasteiger charge is -2.16. The second kappa shape index (κ2) is 3.87. The number of fused-ring (bicyclic) bond motifs is 1. The molecule has 2 heterocycles. The van der Waals surface area contributed by atoms with Gasteiger partial charge in [-0.1, -0.05) is 0 Å². The molecule has 2 N–H and O–H groups in total. The molecule has 4 heteroatoms. The minimum absolute atomic E-state index is 0.612. The van der Waals surface area contributed by atoms with Crippen molar-refractivity contribution in [3.8, 4) is 11.6 Å². The second-order valence-electron chi connectivity index (χ2n) is 4.50. The molecule has 0 unspecified atom stereocenters. The Morgan fingerprint density at radius 2 is 2.06 bits per heavy atom. The summed E-state index contributed by atoms with van der Waals surface area (Å²) >= 11 is 0. The number of hydrogen-bond donors (Lipinski definition) is 1. The van der Waals surface area contributed by atoms with E-state index in [1.165, 1.54) is 12.8 Å². The molecule has 0 saturated heterocycles. The summed E-state index contributed by atoms with van der Waals surface area (Å²) < 4.78 is 5.42. The minimum Gasteiger partial charge on any atom is -0.461 e. The van der Waals surface area contributed by atoms with E-state index in [0.717, 1.165) is 35.4 Å². The molecule has 0 amide bonds. The summed E-state index contributed by atoms with van der Waals surface area (Å²) in [5.41, 5.74) is 9.27. The first-order valence-corrected chi connectivity index (χ1v) is 5.95. The Labute approximate surface area is 99.9 Å². The van der Waals surface area contributed by atoms with Crippen molar-refractivity contribution < 1.29 is 4.42 Å². The molecule has 0 radical (unpaired) electrons. The summed E-state index contributed by atoms with van der Waals surface area (Å²) in [4.78, 5) is 8.96. The predicted molar refractivity (Wildman–Crippen MR) is 65.5 cm³/mol. The number of anilines is 1. The number of nitrogen functional groups attached to an aromatic ring is 1. The highest BCUT2D eigenvalue weighted by atomic mass is 16.3. The van der Waals surface area contributed by atoms with Crippen LogP contribution in [0.25, 0.3) is 11.6 Å². The van der Waals surface area contributed by atoms with Gasteiger partial charge >= 0.3 is 0 Å². The van der Waals surface area contributed by atoms with Gasteiger partial charge in [0, 0.05) is 11.3 Å². The third kappa shape index (κ3) is 1.69. The van der Waals surface area contributed by atoms with E-state index >= 15 is 0 Å². The molecule has 0 fully saturated rings. The number of furan rings is 1. The van der Waals surface area contributed by atoms with Crippen LogP contribution < -0.4 is 5.73 Å². The molecule has 0 bridgehead atoms. The molecule has 0 saturated carbocycles. The van der Waals surface area contributed by atoms with E-state index in [1.807, 2.05) is 13.0 Å². The van der Waals surface area contributed by atoms with Gasteiger partial charge in [-0.3, -0.25) is 0 Å². The number of nitrogens with zero attached hydrogens (tertiary/aromatic N) is 2. The Kier molecular flexibility index (Phi) is 2.35. The molecule has 2 aromatic heterocycles. The minimum atomic E-state index is 0.612. The smallest absolute Gasteiger partial charge is 0.198 e. The van der Waals surface area contributed by atoms with Crippen molar-refractivity contribution in [1.29, 1.82) is 0 Å². The highest BCUT2D eigenvalue weighted by Gasteiger charge is 2.18. The molecule has 88 valence electrons. The summed E-state index contributed by atoms with van der Waals surface area (Å²) in [6.07, 6.45) is 6.01. The van der Waals surface area contributed by atoms with Crippen molar-refractivity contribution in [2.24, 2.45) is 0 Å². The van der Waals surface area contributed by atoms with Crippen LogP contribution in [0.3, 0.4) is 0 Å². The van der Waals surface area contributed by atoms with Crippen LogP contribution in [0, 0.1) is 6.92 Å². The van der Waals surface area contributed by atoms with E-state index in [4.69, 9.17) is 10.2 Å². The Hall–Kier alpha value is -1.84. The first-order valence-electron chi connectivity index (χ1n) is 5.95. The fourth-order valence-electron chi connectivity index (χ4n) is 2.33. The highest BCUT2D eigenvalue weighted by Crippen LogP contribution is 2.28. The van der Waals surface area contributed by atoms with E-state index in [2.05, 4.69) is 9.97 Å². The molecular weight excluding hydrogens is 214 g/mol. The van der Waals surface area contributed by atoms with Gasteiger partial charge in [0.15, 0.2) is 11.6 Å². The van der Waals surface area contributed by atoms with Gasteiger partial charge in [0.25, 0.3) is 0 Å². The van der Waals surface area contributed by atoms with Gasteiger partial charge in [0.1, 0.15) is 5.82 Å². The van der Waals surface area contributed by atoms with E-state index in [1.54, 1.807) is 6.26 Å². The van der Waals surface area contributed by atoms with Crippen molar-refractivity contribution in [3.63, 3.8) is 0 Å². The maximum atomic E-state index is 6.01. The van der Waals surface area contributed by atoms with E-state index < -0.39 is 0 Å². The van der Waals surface area contributed by atoms with Gasteiger partial charge in [0.05, 0.1) is 6.26 Å². The van der Waals surface area contributed by atoms with Crippen LogP contribution in [0.15, 0.2) is 16.7 Å². The van der Waals surface area contributed by atoms with E-state index in [9.17, 15) is 0 Å². The van der Waals surface area contributed by atoms with Crippen LogP contribution >= 0.6 is 0 Å². The Morgan fingerprint density at radius 1 is 1.24 bits per heavy atom. The van der Waals surface area contributed by atoms with Crippen molar-refractivity contribution in [2.45, 2.75) is 32.6 Å². The van der Waals surface area contributed by atoms with Crippen molar-refractivity contribution in [1.82, 2.24) is 9.97 Å². The maximum absolute atomic E-state index is 6.01. The lowest BCUT2D eigenvalue weighted by atomic mass is 9.96. The number of rotatable bonds is 1. The molecule has 4 nitrogen and oxygen atoms in total. The predicted octanol–water partition coefficient (Wildman–Crippen LogP) is 2.51. The molecule has 0 atom stereocenters. The SMILES string of the molecule is Cc1ccoc1-c1nc(N)c2c(n1)CCCC2. The average molecular weight is 229 g/mol. The fraction of sp³-hybridized carbons (Fsp3) is 0.385. The van der Waals surface area contributed by atoms with Gasteiger partial charge in [-0.05, 0) is 44.2 Å². The summed E-state index contributed by atoms with van der Waals surface area (Å²) in [5.74, 6) is 1.95. The van der Waals surface area contributed by atoms with Gasteiger partial charge in [-0.2, -0.15) is 0 Å².